The molecule has 9 heteroatoms. The zero-order valence-corrected chi connectivity index (χ0v) is 9.83. The molecule has 1 rings (SSSR count). The Kier molecular flexibility index (Phi) is 4.01. The number of carbonyl (C=O) groups excluding carboxylic acids is 1. The van der Waals surface area contributed by atoms with Crippen LogP contribution in [0.5, 0.6) is 11.8 Å². The number of rotatable bonds is 2. The Bertz CT molecular complexity index is 366. The molecule has 0 atom stereocenters. The second-order valence-electron chi connectivity index (χ2n) is 2.59. The van der Waals surface area contributed by atoms with Crippen LogP contribution in [0.2, 0.25) is 0 Å². The van der Waals surface area contributed by atoms with Crippen molar-refractivity contribution >= 4 is 41.0 Å². The van der Waals surface area contributed by atoms with Crippen LogP contribution in [0.15, 0.2) is 12.1 Å². The predicted molar refractivity (Wildman–Crippen MR) is 56.0 cm³/mol. The van der Waals surface area contributed by atoms with Gasteiger partial charge in [-0.25, -0.2) is 4.79 Å². The number of ether oxygens (including phenoxy) is 1. The molecule has 0 bridgehead atoms. The predicted octanol–water partition coefficient (Wildman–Crippen LogP) is 1.83. The summed E-state index contributed by atoms with van der Waals surface area (Å²) in [6, 6.07) is 2.22. The van der Waals surface area contributed by atoms with Gasteiger partial charge < -0.3 is 14.9 Å². The summed E-state index contributed by atoms with van der Waals surface area (Å²) < 4.78 is 3.07. The van der Waals surface area contributed by atoms with E-state index in [0.717, 1.165) is 12.1 Å². The maximum atomic E-state index is 11.0. The van der Waals surface area contributed by atoms with Gasteiger partial charge in [0.25, 0.3) is 0 Å². The molecule has 1 aromatic rings. The number of alkyl halides is 3. The Labute approximate surface area is 105 Å². The number of aromatic nitrogens is 1. The SMILES string of the molecule is O=C(OCC(Cl)(Cl)Cl)On1c(O)ccc1O. The lowest BCUT2D eigenvalue weighted by Gasteiger charge is -2.11. The third kappa shape index (κ3) is 3.88. The molecule has 16 heavy (non-hydrogen) atoms. The number of aromatic hydroxyl groups is 2. The summed E-state index contributed by atoms with van der Waals surface area (Å²) in [5.74, 6) is -0.966. The molecule has 0 amide bonds. The highest BCUT2D eigenvalue weighted by atomic mass is 35.6. The summed E-state index contributed by atoms with van der Waals surface area (Å²) in [7, 11) is 0. The van der Waals surface area contributed by atoms with E-state index in [1.807, 2.05) is 0 Å². The summed E-state index contributed by atoms with van der Waals surface area (Å²) >= 11 is 15.9. The van der Waals surface area contributed by atoms with Crippen LogP contribution in [0.1, 0.15) is 0 Å². The lowest BCUT2D eigenvalue weighted by molar-refractivity contribution is 0.0366. The van der Waals surface area contributed by atoms with Crippen LogP contribution >= 0.6 is 34.8 Å². The Balaban J connectivity index is 2.53. The average Bonchev–Trinajstić information content (AvgIpc) is 2.45. The quantitative estimate of drug-likeness (QED) is 0.641. The molecule has 2 N–H and O–H groups in total. The van der Waals surface area contributed by atoms with E-state index in [-0.39, 0.29) is 0 Å². The fourth-order valence-electron chi connectivity index (χ4n) is 0.737. The third-order valence-electron chi connectivity index (χ3n) is 1.32. The van der Waals surface area contributed by atoms with Crippen molar-refractivity contribution in [2.24, 2.45) is 0 Å². The monoisotopic (exact) mass is 289 g/mol. The second-order valence-corrected chi connectivity index (χ2v) is 5.11. The van der Waals surface area contributed by atoms with Gasteiger partial charge in [-0.05, 0) is 0 Å². The van der Waals surface area contributed by atoms with Crippen molar-refractivity contribution in [2.45, 2.75) is 3.79 Å². The van der Waals surface area contributed by atoms with Crippen LogP contribution in [0.25, 0.3) is 0 Å². The summed E-state index contributed by atoms with van der Waals surface area (Å²) in [4.78, 5) is 15.4. The number of carbonyl (C=O) groups is 1. The van der Waals surface area contributed by atoms with E-state index in [9.17, 15) is 4.79 Å². The summed E-state index contributed by atoms with van der Waals surface area (Å²) in [5, 5.41) is 18.2. The Morgan fingerprint density at radius 3 is 2.25 bits per heavy atom. The molecule has 1 aromatic heterocycles. The lowest BCUT2D eigenvalue weighted by atomic mass is 10.6. The van der Waals surface area contributed by atoms with Gasteiger partial charge in [0.2, 0.25) is 15.6 Å². The average molecular weight is 290 g/mol. The Hall–Kier alpha value is -0.980. The maximum Gasteiger partial charge on any atom is 0.534 e. The van der Waals surface area contributed by atoms with Crippen LogP contribution in [-0.4, -0.2) is 31.5 Å². The first-order valence-corrected chi connectivity index (χ1v) is 4.94. The molecule has 1 heterocycles. The van der Waals surface area contributed by atoms with Gasteiger partial charge in [0.05, 0.1) is 0 Å². The first-order chi connectivity index (χ1) is 7.29. The van der Waals surface area contributed by atoms with Crippen LogP contribution in [0.4, 0.5) is 4.79 Å². The first-order valence-electron chi connectivity index (χ1n) is 3.81. The molecule has 0 saturated heterocycles. The molecule has 0 aromatic carbocycles. The van der Waals surface area contributed by atoms with E-state index >= 15 is 0 Å². The van der Waals surface area contributed by atoms with Gasteiger partial charge in [-0.3, -0.25) is 4.84 Å². The molecule has 0 saturated carbocycles. The van der Waals surface area contributed by atoms with E-state index in [2.05, 4.69) is 9.57 Å². The molecule has 0 radical (unpaired) electrons. The van der Waals surface area contributed by atoms with Crippen molar-refractivity contribution in [1.29, 1.82) is 0 Å². The highest BCUT2D eigenvalue weighted by Crippen LogP contribution is 2.26. The van der Waals surface area contributed by atoms with E-state index in [0.29, 0.717) is 4.73 Å². The summed E-state index contributed by atoms with van der Waals surface area (Å²) in [6.07, 6.45) is -1.24. The van der Waals surface area contributed by atoms with Crippen molar-refractivity contribution in [3.8, 4) is 11.8 Å². The van der Waals surface area contributed by atoms with Crippen LogP contribution in [-0.2, 0) is 4.74 Å². The van der Waals surface area contributed by atoms with Gasteiger partial charge in [0.15, 0.2) is 0 Å². The van der Waals surface area contributed by atoms with E-state index < -0.39 is 28.3 Å². The first kappa shape index (κ1) is 13.1. The van der Waals surface area contributed by atoms with Crippen LogP contribution < -0.4 is 4.84 Å². The number of nitrogens with zero attached hydrogens (tertiary/aromatic N) is 1. The van der Waals surface area contributed by atoms with Crippen molar-refractivity contribution < 1.29 is 24.6 Å². The molecule has 6 nitrogen and oxygen atoms in total. The van der Waals surface area contributed by atoms with E-state index in [4.69, 9.17) is 45.0 Å². The normalized spacial score (nSPS) is 11.2. The minimum absolute atomic E-state index is 0.445. The zero-order chi connectivity index (χ0) is 12.3. The van der Waals surface area contributed by atoms with Gasteiger partial charge >= 0.3 is 6.16 Å². The largest absolute Gasteiger partial charge is 0.534 e. The van der Waals surface area contributed by atoms with Crippen LogP contribution in [0.3, 0.4) is 0 Å². The molecule has 90 valence electrons. The smallest absolute Gasteiger partial charge is 0.492 e. The van der Waals surface area contributed by atoms with Gasteiger partial charge in [-0.15, -0.1) is 4.73 Å². The molecule has 0 spiro atoms. The molecule has 0 aliphatic heterocycles. The molecule has 0 aliphatic carbocycles. The fraction of sp³-hybridized carbons (Fsp3) is 0.286. The highest BCUT2D eigenvalue weighted by molar-refractivity contribution is 6.67. The molecular formula is C7H6Cl3NO5. The standard InChI is InChI=1S/C7H6Cl3NO5/c8-7(9,10)3-15-6(14)16-11-4(12)1-2-5(11)13/h1-2,12-13H,3H2. The maximum absolute atomic E-state index is 11.0. The van der Waals surface area contributed by atoms with Gasteiger partial charge in [0.1, 0.15) is 6.61 Å². The Morgan fingerprint density at radius 2 is 1.81 bits per heavy atom. The number of halogens is 3. The minimum atomic E-state index is -1.76. The van der Waals surface area contributed by atoms with Crippen molar-refractivity contribution in [3.05, 3.63) is 12.1 Å². The number of hydrogen-bond acceptors (Lipinski definition) is 5. The molecular weight excluding hydrogens is 284 g/mol. The number of hydrogen-bond donors (Lipinski definition) is 2. The van der Waals surface area contributed by atoms with Crippen molar-refractivity contribution in [1.82, 2.24) is 4.73 Å². The highest BCUT2D eigenvalue weighted by Gasteiger charge is 2.23. The molecule has 0 fully saturated rings. The van der Waals surface area contributed by atoms with Gasteiger partial charge in [-0.2, -0.15) is 0 Å². The lowest BCUT2D eigenvalue weighted by Crippen LogP contribution is -2.24. The second kappa shape index (κ2) is 4.90. The third-order valence-corrected chi connectivity index (χ3v) is 1.64. The molecule has 0 aliphatic rings. The minimum Gasteiger partial charge on any atom is -0.492 e. The van der Waals surface area contributed by atoms with Gasteiger partial charge in [-0.1, -0.05) is 34.8 Å². The van der Waals surface area contributed by atoms with Gasteiger partial charge in [0, 0.05) is 12.1 Å². The zero-order valence-electron chi connectivity index (χ0n) is 7.56. The van der Waals surface area contributed by atoms with Crippen molar-refractivity contribution in [2.75, 3.05) is 6.61 Å². The fourth-order valence-corrected chi connectivity index (χ4v) is 0.901. The van der Waals surface area contributed by atoms with Crippen LogP contribution in [0, 0.1) is 0 Å². The van der Waals surface area contributed by atoms with E-state index in [1.54, 1.807) is 0 Å². The summed E-state index contributed by atoms with van der Waals surface area (Å²) in [6.45, 7) is -0.528. The molecule has 0 unspecified atom stereocenters. The van der Waals surface area contributed by atoms with Crippen molar-refractivity contribution in [3.63, 3.8) is 0 Å². The summed E-state index contributed by atoms with van der Waals surface area (Å²) in [5.41, 5.74) is 0. The van der Waals surface area contributed by atoms with E-state index in [1.165, 1.54) is 0 Å². The topological polar surface area (TPSA) is 80.9 Å². The Morgan fingerprint density at radius 1 is 1.31 bits per heavy atom.